The van der Waals surface area contributed by atoms with Crippen molar-refractivity contribution in [2.24, 2.45) is 5.73 Å². The second-order valence-corrected chi connectivity index (χ2v) is 4.18. The molecule has 1 amide bonds. The Labute approximate surface area is 95.6 Å². The molecule has 1 unspecified atom stereocenters. The first-order valence-electron chi connectivity index (χ1n) is 5.89. The minimum absolute atomic E-state index is 0.0697. The second-order valence-electron chi connectivity index (χ2n) is 4.18. The zero-order valence-electron chi connectivity index (χ0n) is 9.52. The standard InChI is InChI=1S/C11H20N2O3/c12-7-4-6-10(14)13-8-3-1-2-5-9(13)11(15)16/h9H,1-8,12H2,(H,15,16). The number of carbonyl (C=O) groups excluding carboxylic acids is 1. The maximum absolute atomic E-state index is 11.8. The van der Waals surface area contributed by atoms with E-state index in [1.807, 2.05) is 0 Å². The Morgan fingerprint density at radius 1 is 1.31 bits per heavy atom. The van der Waals surface area contributed by atoms with Gasteiger partial charge >= 0.3 is 5.97 Å². The smallest absolute Gasteiger partial charge is 0.326 e. The molecule has 0 aliphatic carbocycles. The van der Waals surface area contributed by atoms with Crippen LogP contribution in [0.1, 0.15) is 38.5 Å². The number of nitrogens with zero attached hydrogens (tertiary/aromatic N) is 1. The molecule has 92 valence electrons. The van der Waals surface area contributed by atoms with Crippen molar-refractivity contribution in [3.63, 3.8) is 0 Å². The van der Waals surface area contributed by atoms with Gasteiger partial charge in [-0.2, -0.15) is 0 Å². The van der Waals surface area contributed by atoms with Crippen LogP contribution >= 0.6 is 0 Å². The first kappa shape index (κ1) is 13.0. The van der Waals surface area contributed by atoms with Gasteiger partial charge in [-0.3, -0.25) is 4.79 Å². The summed E-state index contributed by atoms with van der Waals surface area (Å²) < 4.78 is 0. The molecule has 0 bridgehead atoms. The van der Waals surface area contributed by atoms with Crippen molar-refractivity contribution in [3.05, 3.63) is 0 Å². The van der Waals surface area contributed by atoms with Gasteiger partial charge in [-0.25, -0.2) is 4.79 Å². The van der Waals surface area contributed by atoms with Crippen LogP contribution in [-0.2, 0) is 9.59 Å². The maximum atomic E-state index is 11.8. The average molecular weight is 228 g/mol. The summed E-state index contributed by atoms with van der Waals surface area (Å²) in [5.41, 5.74) is 5.34. The Hall–Kier alpha value is -1.10. The predicted octanol–water partition coefficient (Wildman–Crippen LogP) is 0.581. The van der Waals surface area contributed by atoms with E-state index in [1.165, 1.54) is 4.90 Å². The van der Waals surface area contributed by atoms with E-state index in [0.29, 0.717) is 32.4 Å². The summed E-state index contributed by atoms with van der Waals surface area (Å²) in [4.78, 5) is 24.4. The van der Waals surface area contributed by atoms with Crippen LogP contribution in [0.15, 0.2) is 0 Å². The van der Waals surface area contributed by atoms with Gasteiger partial charge in [0.2, 0.25) is 5.91 Å². The van der Waals surface area contributed by atoms with E-state index in [2.05, 4.69) is 0 Å². The Balaban J connectivity index is 2.63. The van der Waals surface area contributed by atoms with Gasteiger partial charge in [0.05, 0.1) is 0 Å². The number of carboxylic acids is 1. The lowest BCUT2D eigenvalue weighted by Gasteiger charge is -2.26. The molecule has 1 fully saturated rings. The number of aliphatic carboxylic acids is 1. The second kappa shape index (κ2) is 6.48. The zero-order chi connectivity index (χ0) is 12.0. The van der Waals surface area contributed by atoms with Gasteiger partial charge in [0.15, 0.2) is 0 Å². The fourth-order valence-corrected chi connectivity index (χ4v) is 2.06. The number of carboxylic acid groups (broad SMARTS) is 1. The summed E-state index contributed by atoms with van der Waals surface area (Å²) in [7, 11) is 0. The minimum Gasteiger partial charge on any atom is -0.480 e. The lowest BCUT2D eigenvalue weighted by Crippen LogP contribution is -2.44. The highest BCUT2D eigenvalue weighted by Gasteiger charge is 2.29. The normalized spacial score (nSPS) is 21.6. The van der Waals surface area contributed by atoms with E-state index in [-0.39, 0.29) is 5.91 Å². The van der Waals surface area contributed by atoms with Crippen LogP contribution in [0.2, 0.25) is 0 Å². The average Bonchev–Trinajstić information content (AvgIpc) is 2.50. The molecular weight excluding hydrogens is 208 g/mol. The van der Waals surface area contributed by atoms with Crippen molar-refractivity contribution in [1.82, 2.24) is 4.90 Å². The lowest BCUT2D eigenvalue weighted by atomic mass is 10.1. The molecule has 1 saturated heterocycles. The van der Waals surface area contributed by atoms with E-state index in [9.17, 15) is 9.59 Å². The van der Waals surface area contributed by atoms with Crippen LogP contribution in [0.3, 0.4) is 0 Å². The molecule has 0 radical (unpaired) electrons. The number of nitrogens with two attached hydrogens (primary N) is 1. The molecule has 16 heavy (non-hydrogen) atoms. The number of carbonyl (C=O) groups is 2. The molecule has 1 rings (SSSR count). The fourth-order valence-electron chi connectivity index (χ4n) is 2.06. The highest BCUT2D eigenvalue weighted by Crippen LogP contribution is 2.18. The lowest BCUT2D eigenvalue weighted by molar-refractivity contribution is -0.150. The monoisotopic (exact) mass is 228 g/mol. The molecule has 0 saturated carbocycles. The number of amides is 1. The number of rotatable bonds is 4. The van der Waals surface area contributed by atoms with Crippen molar-refractivity contribution in [3.8, 4) is 0 Å². The topological polar surface area (TPSA) is 83.6 Å². The van der Waals surface area contributed by atoms with E-state index >= 15 is 0 Å². The highest BCUT2D eigenvalue weighted by molar-refractivity contribution is 5.83. The summed E-state index contributed by atoms with van der Waals surface area (Å²) in [6, 6.07) is -0.632. The molecule has 0 spiro atoms. The van der Waals surface area contributed by atoms with Gasteiger partial charge < -0.3 is 15.7 Å². The van der Waals surface area contributed by atoms with E-state index < -0.39 is 12.0 Å². The number of hydrogen-bond donors (Lipinski definition) is 2. The molecule has 0 aromatic rings. The molecule has 0 aromatic carbocycles. The van der Waals surface area contributed by atoms with E-state index in [1.54, 1.807) is 0 Å². The first-order valence-corrected chi connectivity index (χ1v) is 5.89. The first-order chi connectivity index (χ1) is 7.66. The Bertz CT molecular complexity index is 256. The third-order valence-corrected chi connectivity index (χ3v) is 2.95. The van der Waals surface area contributed by atoms with Gasteiger partial charge in [0, 0.05) is 13.0 Å². The van der Waals surface area contributed by atoms with Crippen LogP contribution in [0.4, 0.5) is 0 Å². The van der Waals surface area contributed by atoms with Gasteiger partial charge in [0.25, 0.3) is 0 Å². The fraction of sp³-hybridized carbons (Fsp3) is 0.818. The molecule has 1 aliphatic heterocycles. The SMILES string of the molecule is NCCCC(=O)N1CCCCCC1C(=O)O. The molecular formula is C11H20N2O3. The van der Waals surface area contributed by atoms with Gasteiger partial charge in [-0.05, 0) is 25.8 Å². The van der Waals surface area contributed by atoms with Crippen molar-refractivity contribution >= 4 is 11.9 Å². The maximum Gasteiger partial charge on any atom is 0.326 e. The Morgan fingerprint density at radius 3 is 2.69 bits per heavy atom. The van der Waals surface area contributed by atoms with Crippen LogP contribution in [0.5, 0.6) is 0 Å². The third kappa shape index (κ3) is 3.48. The summed E-state index contributed by atoms with van der Waals surface area (Å²) in [6.45, 7) is 1.04. The quantitative estimate of drug-likeness (QED) is 0.737. The third-order valence-electron chi connectivity index (χ3n) is 2.95. The van der Waals surface area contributed by atoms with Crippen molar-refractivity contribution in [2.45, 2.75) is 44.6 Å². The summed E-state index contributed by atoms with van der Waals surface area (Å²) in [5.74, 6) is -0.956. The molecule has 3 N–H and O–H groups in total. The molecule has 1 heterocycles. The van der Waals surface area contributed by atoms with Crippen molar-refractivity contribution in [2.75, 3.05) is 13.1 Å². The largest absolute Gasteiger partial charge is 0.480 e. The molecule has 1 atom stereocenters. The van der Waals surface area contributed by atoms with Crippen molar-refractivity contribution in [1.29, 1.82) is 0 Å². The zero-order valence-corrected chi connectivity index (χ0v) is 9.52. The molecule has 5 nitrogen and oxygen atoms in total. The molecule has 5 heteroatoms. The minimum atomic E-state index is -0.886. The van der Waals surface area contributed by atoms with Gasteiger partial charge in [-0.1, -0.05) is 12.8 Å². The summed E-state index contributed by atoms with van der Waals surface area (Å²) in [6.07, 6.45) is 4.35. The highest BCUT2D eigenvalue weighted by atomic mass is 16.4. The molecule has 0 aromatic heterocycles. The summed E-state index contributed by atoms with van der Waals surface area (Å²) >= 11 is 0. The Morgan fingerprint density at radius 2 is 2.06 bits per heavy atom. The van der Waals surface area contributed by atoms with Crippen LogP contribution in [0.25, 0.3) is 0 Å². The Kier molecular flexibility index (Phi) is 5.25. The van der Waals surface area contributed by atoms with E-state index in [4.69, 9.17) is 10.8 Å². The van der Waals surface area contributed by atoms with Crippen LogP contribution < -0.4 is 5.73 Å². The van der Waals surface area contributed by atoms with Crippen LogP contribution in [0, 0.1) is 0 Å². The van der Waals surface area contributed by atoms with Crippen LogP contribution in [-0.4, -0.2) is 41.0 Å². The van der Waals surface area contributed by atoms with E-state index in [0.717, 1.165) is 19.3 Å². The number of hydrogen-bond acceptors (Lipinski definition) is 3. The summed E-state index contributed by atoms with van der Waals surface area (Å²) in [5, 5.41) is 9.09. The predicted molar refractivity (Wildman–Crippen MR) is 59.9 cm³/mol. The van der Waals surface area contributed by atoms with Crippen molar-refractivity contribution < 1.29 is 14.7 Å². The number of likely N-dealkylation sites (tertiary alicyclic amines) is 1. The van der Waals surface area contributed by atoms with Gasteiger partial charge in [0.1, 0.15) is 6.04 Å². The molecule has 1 aliphatic rings. The van der Waals surface area contributed by atoms with Gasteiger partial charge in [-0.15, -0.1) is 0 Å².